The standard InChI is InChI=1S/C14H14INO2/c15-9-5-7-10(8-6-9)16-13(17)11-3-1-2-4-12(11)14(16)18/h1-4,9-10H,5-8H2. The number of carbonyl (C=O) groups is 2. The van der Waals surface area contributed by atoms with E-state index in [2.05, 4.69) is 22.6 Å². The molecule has 0 atom stereocenters. The Hall–Kier alpha value is -0.910. The number of imide groups is 1. The Morgan fingerprint density at radius 1 is 0.944 bits per heavy atom. The Kier molecular flexibility index (Phi) is 3.13. The van der Waals surface area contributed by atoms with E-state index in [9.17, 15) is 9.59 Å². The van der Waals surface area contributed by atoms with Crippen LogP contribution in [0.15, 0.2) is 24.3 Å². The summed E-state index contributed by atoms with van der Waals surface area (Å²) in [5.41, 5.74) is 1.14. The van der Waals surface area contributed by atoms with Gasteiger partial charge in [0.2, 0.25) is 0 Å². The molecular weight excluding hydrogens is 341 g/mol. The van der Waals surface area contributed by atoms with Crippen molar-refractivity contribution in [3.63, 3.8) is 0 Å². The summed E-state index contributed by atoms with van der Waals surface area (Å²) >= 11 is 2.45. The predicted octanol–water partition coefficient (Wildman–Crippen LogP) is 3.03. The Balaban J connectivity index is 1.88. The van der Waals surface area contributed by atoms with Crippen LogP contribution in [0.1, 0.15) is 46.4 Å². The van der Waals surface area contributed by atoms with Gasteiger partial charge in [0.15, 0.2) is 0 Å². The second-order valence-electron chi connectivity index (χ2n) is 4.93. The van der Waals surface area contributed by atoms with Crippen LogP contribution in [0, 0.1) is 0 Å². The lowest BCUT2D eigenvalue weighted by Gasteiger charge is -2.31. The SMILES string of the molecule is O=C1c2ccccc2C(=O)N1C1CCC(I)CC1. The van der Waals surface area contributed by atoms with E-state index < -0.39 is 0 Å². The van der Waals surface area contributed by atoms with E-state index in [0.29, 0.717) is 15.1 Å². The Morgan fingerprint density at radius 3 is 1.94 bits per heavy atom. The third kappa shape index (κ3) is 1.86. The first-order valence-electron chi connectivity index (χ1n) is 6.29. The van der Waals surface area contributed by atoms with Gasteiger partial charge < -0.3 is 0 Å². The number of benzene rings is 1. The molecule has 94 valence electrons. The first kappa shape index (κ1) is 12.1. The average Bonchev–Trinajstić information content (AvgIpc) is 2.64. The van der Waals surface area contributed by atoms with Gasteiger partial charge in [-0.1, -0.05) is 34.7 Å². The monoisotopic (exact) mass is 355 g/mol. The zero-order valence-electron chi connectivity index (χ0n) is 9.93. The zero-order valence-corrected chi connectivity index (χ0v) is 12.1. The van der Waals surface area contributed by atoms with Gasteiger partial charge in [-0.15, -0.1) is 0 Å². The molecule has 2 aliphatic rings. The van der Waals surface area contributed by atoms with Crippen LogP contribution in [-0.4, -0.2) is 26.7 Å². The fourth-order valence-corrected chi connectivity index (χ4v) is 3.55. The number of hydrogen-bond donors (Lipinski definition) is 0. The van der Waals surface area contributed by atoms with Crippen molar-refractivity contribution in [3.05, 3.63) is 35.4 Å². The Morgan fingerprint density at radius 2 is 1.44 bits per heavy atom. The zero-order chi connectivity index (χ0) is 12.7. The minimum absolute atomic E-state index is 0.100. The molecule has 3 rings (SSSR count). The molecule has 0 aromatic heterocycles. The molecule has 0 N–H and O–H groups in total. The number of hydrogen-bond acceptors (Lipinski definition) is 2. The Bertz CT molecular complexity index is 471. The summed E-state index contributed by atoms with van der Waals surface area (Å²) in [5.74, 6) is -0.208. The Labute approximate surface area is 120 Å². The minimum Gasteiger partial charge on any atom is -0.271 e. The molecule has 18 heavy (non-hydrogen) atoms. The van der Waals surface area contributed by atoms with Crippen LogP contribution in [0.25, 0.3) is 0 Å². The van der Waals surface area contributed by atoms with Crippen LogP contribution in [-0.2, 0) is 0 Å². The summed E-state index contributed by atoms with van der Waals surface area (Å²) in [6, 6.07) is 7.23. The van der Waals surface area contributed by atoms with Crippen molar-refractivity contribution in [2.45, 2.75) is 35.6 Å². The van der Waals surface area contributed by atoms with Crippen molar-refractivity contribution in [2.75, 3.05) is 0 Å². The van der Waals surface area contributed by atoms with Crippen LogP contribution in [0.5, 0.6) is 0 Å². The predicted molar refractivity (Wildman–Crippen MR) is 77.0 cm³/mol. The molecule has 0 bridgehead atoms. The molecule has 0 saturated heterocycles. The molecule has 1 fully saturated rings. The van der Waals surface area contributed by atoms with E-state index in [-0.39, 0.29) is 17.9 Å². The van der Waals surface area contributed by atoms with Gasteiger partial charge in [-0.3, -0.25) is 14.5 Å². The summed E-state index contributed by atoms with van der Waals surface area (Å²) in [7, 11) is 0. The largest absolute Gasteiger partial charge is 0.271 e. The molecule has 4 heteroatoms. The molecule has 1 saturated carbocycles. The molecule has 1 heterocycles. The summed E-state index contributed by atoms with van der Waals surface area (Å²) in [6.45, 7) is 0. The average molecular weight is 355 g/mol. The van der Waals surface area contributed by atoms with Crippen molar-refractivity contribution in [2.24, 2.45) is 0 Å². The third-order valence-electron chi connectivity index (χ3n) is 3.82. The van der Waals surface area contributed by atoms with Gasteiger partial charge in [-0.25, -0.2) is 0 Å². The van der Waals surface area contributed by atoms with Crippen LogP contribution < -0.4 is 0 Å². The highest BCUT2D eigenvalue weighted by Crippen LogP contribution is 2.32. The van der Waals surface area contributed by atoms with E-state index in [0.717, 1.165) is 25.7 Å². The molecule has 3 nitrogen and oxygen atoms in total. The highest BCUT2D eigenvalue weighted by atomic mass is 127. The van der Waals surface area contributed by atoms with Crippen molar-refractivity contribution >= 4 is 34.4 Å². The maximum absolute atomic E-state index is 12.3. The molecule has 1 aromatic rings. The van der Waals surface area contributed by atoms with Gasteiger partial charge in [0.25, 0.3) is 11.8 Å². The first-order valence-corrected chi connectivity index (χ1v) is 7.54. The number of amides is 2. The van der Waals surface area contributed by atoms with E-state index >= 15 is 0 Å². The highest BCUT2D eigenvalue weighted by molar-refractivity contribution is 14.1. The van der Waals surface area contributed by atoms with Crippen LogP contribution in [0.4, 0.5) is 0 Å². The second-order valence-corrected chi connectivity index (χ2v) is 6.69. The fourth-order valence-electron chi connectivity index (χ4n) is 2.83. The number of halogens is 1. The van der Waals surface area contributed by atoms with Crippen LogP contribution >= 0.6 is 22.6 Å². The maximum Gasteiger partial charge on any atom is 0.261 e. The molecule has 0 radical (unpaired) electrons. The number of alkyl halides is 1. The van der Waals surface area contributed by atoms with Crippen LogP contribution in [0.3, 0.4) is 0 Å². The molecule has 1 aromatic carbocycles. The highest BCUT2D eigenvalue weighted by Gasteiger charge is 2.40. The lowest BCUT2D eigenvalue weighted by Crippen LogP contribution is -2.42. The first-order chi connectivity index (χ1) is 8.68. The lowest BCUT2D eigenvalue weighted by molar-refractivity contribution is 0.0551. The number of rotatable bonds is 1. The third-order valence-corrected chi connectivity index (χ3v) is 5.06. The van der Waals surface area contributed by atoms with Gasteiger partial charge in [0.1, 0.15) is 0 Å². The van der Waals surface area contributed by atoms with Crippen molar-refractivity contribution in [1.29, 1.82) is 0 Å². The summed E-state index contributed by atoms with van der Waals surface area (Å²) < 4.78 is 0.689. The smallest absolute Gasteiger partial charge is 0.261 e. The number of nitrogens with zero attached hydrogens (tertiary/aromatic N) is 1. The topological polar surface area (TPSA) is 37.4 Å². The molecule has 0 unspecified atom stereocenters. The minimum atomic E-state index is -0.104. The van der Waals surface area contributed by atoms with Crippen molar-refractivity contribution in [3.8, 4) is 0 Å². The molecule has 1 aliphatic heterocycles. The number of fused-ring (bicyclic) bond motifs is 1. The van der Waals surface area contributed by atoms with Gasteiger partial charge in [-0.2, -0.15) is 0 Å². The summed E-state index contributed by atoms with van der Waals surface area (Å²) in [4.78, 5) is 26.1. The normalized spacial score (nSPS) is 27.5. The van der Waals surface area contributed by atoms with Crippen LogP contribution in [0.2, 0.25) is 0 Å². The molecule has 0 spiro atoms. The second kappa shape index (κ2) is 4.64. The van der Waals surface area contributed by atoms with Crippen molar-refractivity contribution in [1.82, 2.24) is 4.90 Å². The molecular formula is C14H14INO2. The van der Waals surface area contributed by atoms with E-state index in [1.807, 2.05) is 12.1 Å². The van der Waals surface area contributed by atoms with E-state index in [1.54, 1.807) is 12.1 Å². The fraction of sp³-hybridized carbons (Fsp3) is 0.429. The quantitative estimate of drug-likeness (QED) is 0.441. The number of carbonyl (C=O) groups excluding carboxylic acids is 2. The summed E-state index contributed by atoms with van der Waals surface area (Å²) in [5, 5.41) is 0. The van der Waals surface area contributed by atoms with Crippen molar-refractivity contribution < 1.29 is 9.59 Å². The summed E-state index contributed by atoms with van der Waals surface area (Å²) in [6.07, 6.45) is 4.08. The van der Waals surface area contributed by atoms with E-state index in [1.165, 1.54) is 4.90 Å². The van der Waals surface area contributed by atoms with Gasteiger partial charge >= 0.3 is 0 Å². The van der Waals surface area contributed by atoms with Gasteiger partial charge in [0, 0.05) is 9.97 Å². The van der Waals surface area contributed by atoms with Gasteiger partial charge in [-0.05, 0) is 37.8 Å². The van der Waals surface area contributed by atoms with E-state index in [4.69, 9.17) is 0 Å². The lowest BCUT2D eigenvalue weighted by atomic mass is 9.94. The molecule has 2 amide bonds. The van der Waals surface area contributed by atoms with Gasteiger partial charge in [0.05, 0.1) is 11.1 Å². The maximum atomic E-state index is 12.3. The molecule has 1 aliphatic carbocycles.